The number of hydrogen-bond acceptors (Lipinski definition) is 7. The number of unbranched alkanes of at least 4 members (excludes halogenated alkanes) is 1. The Hall–Kier alpha value is -2.29. The third-order valence-electron chi connectivity index (χ3n) is 4.26. The van der Waals surface area contributed by atoms with Crippen LogP contribution >= 0.6 is 7.82 Å². The van der Waals surface area contributed by atoms with E-state index in [0.717, 1.165) is 26.2 Å². The fraction of sp³-hybridized carbons (Fsp3) is 0.520. The van der Waals surface area contributed by atoms with Crippen molar-refractivity contribution in [2.75, 3.05) is 13.2 Å². The molecule has 198 valence electrons. The highest BCUT2D eigenvalue weighted by Crippen LogP contribution is 2.35. The molecule has 0 saturated heterocycles. The van der Waals surface area contributed by atoms with Gasteiger partial charge >= 0.3 is 19.8 Å². The third kappa shape index (κ3) is 24.6. The van der Waals surface area contributed by atoms with Crippen molar-refractivity contribution in [1.29, 1.82) is 0 Å². The van der Waals surface area contributed by atoms with E-state index in [1.165, 1.54) is 0 Å². The highest BCUT2D eigenvalue weighted by atomic mass is 31.2. The van der Waals surface area contributed by atoms with E-state index in [-0.39, 0.29) is 19.1 Å². The number of ether oxygens (including phenoxy) is 2. The monoisotopic (exact) mass is 514 g/mol. The van der Waals surface area contributed by atoms with Crippen LogP contribution in [0.1, 0.15) is 58.8 Å². The van der Waals surface area contributed by atoms with Crippen molar-refractivity contribution >= 4 is 19.8 Å². The van der Waals surface area contributed by atoms with E-state index >= 15 is 0 Å². The summed E-state index contributed by atoms with van der Waals surface area (Å²) in [4.78, 5) is 40.3. The topological polar surface area (TPSA) is 140 Å². The van der Waals surface area contributed by atoms with E-state index in [1.54, 1.807) is 6.08 Å². The molecule has 0 bridgehead atoms. The second kappa shape index (κ2) is 21.0. The molecule has 0 aliphatic carbocycles. The summed E-state index contributed by atoms with van der Waals surface area (Å²) in [5, 5.41) is 9.38. The first-order chi connectivity index (χ1) is 16.6. The van der Waals surface area contributed by atoms with Crippen LogP contribution in [0.3, 0.4) is 0 Å². The lowest BCUT2D eigenvalue weighted by Crippen LogP contribution is -2.28. The molecule has 0 heterocycles. The minimum atomic E-state index is -4.72. The molecule has 2 atom stereocenters. The van der Waals surface area contributed by atoms with Crippen molar-refractivity contribution in [2.45, 2.75) is 71.0 Å². The average Bonchev–Trinajstić information content (AvgIpc) is 2.79. The maximum atomic E-state index is 11.8. The number of carbonyl (C=O) groups is 2. The lowest BCUT2D eigenvalue weighted by Gasteiger charge is -2.17. The van der Waals surface area contributed by atoms with Gasteiger partial charge in [-0.2, -0.15) is 0 Å². The first-order valence-electron chi connectivity index (χ1n) is 11.6. The number of aliphatic hydroxyl groups is 1. The van der Waals surface area contributed by atoms with Gasteiger partial charge < -0.3 is 24.4 Å². The van der Waals surface area contributed by atoms with Gasteiger partial charge in [0.2, 0.25) is 0 Å². The molecule has 0 amide bonds. The summed E-state index contributed by atoms with van der Waals surface area (Å²) < 4.78 is 24.9. The van der Waals surface area contributed by atoms with Crippen LogP contribution in [-0.4, -0.2) is 52.3 Å². The molecular formula is C25H39O9P. The number of hydrogen-bond donors (Lipinski definition) is 3. The number of allylic oxidation sites excluding steroid dienone is 9. The van der Waals surface area contributed by atoms with E-state index in [9.17, 15) is 19.3 Å². The molecule has 0 aliphatic heterocycles. The van der Waals surface area contributed by atoms with Gasteiger partial charge in [0, 0.05) is 13.3 Å². The van der Waals surface area contributed by atoms with Gasteiger partial charge in [0.05, 0.1) is 12.7 Å². The summed E-state index contributed by atoms with van der Waals surface area (Å²) >= 11 is 0. The molecular weight excluding hydrogens is 475 g/mol. The van der Waals surface area contributed by atoms with Gasteiger partial charge in [-0.15, -0.1) is 0 Å². The van der Waals surface area contributed by atoms with E-state index in [1.807, 2.05) is 37.3 Å². The standard InChI is InChI=1S/C25H39O9P/c1-3-23(27)18-16-14-12-10-8-6-4-5-7-9-11-13-15-17-19-25(28)32-20-24(34-22(2)26)21-33-35(29,30)31/h5-8,11-14,16,18,23-24,27H,3-4,9-10,15,17,19-21H2,1-2H3,(H2,29,30,31)/b7-5-,8-6-,13-11-,14-12-,18-16+/t23-,24+/m0/s1. The Bertz CT molecular complexity index is 778. The lowest BCUT2D eigenvalue weighted by atomic mass is 10.2. The molecule has 3 N–H and O–H groups in total. The number of phosphoric acid groups is 1. The third-order valence-corrected chi connectivity index (χ3v) is 4.74. The molecule has 10 heteroatoms. The van der Waals surface area contributed by atoms with Gasteiger partial charge in [0.25, 0.3) is 0 Å². The van der Waals surface area contributed by atoms with Crippen LogP contribution in [0.15, 0.2) is 60.8 Å². The van der Waals surface area contributed by atoms with Crippen LogP contribution in [0.5, 0.6) is 0 Å². The normalized spacial score (nSPS) is 14.5. The van der Waals surface area contributed by atoms with Gasteiger partial charge in [-0.25, -0.2) is 4.57 Å². The molecule has 0 rings (SSSR count). The molecule has 35 heavy (non-hydrogen) atoms. The predicted octanol–water partition coefficient (Wildman–Crippen LogP) is 4.46. The molecule has 0 fully saturated rings. The van der Waals surface area contributed by atoms with Crippen LogP contribution in [0.4, 0.5) is 0 Å². The Morgan fingerprint density at radius 2 is 1.51 bits per heavy atom. The quantitative estimate of drug-likeness (QED) is 0.0749. The number of phosphoric ester groups is 1. The van der Waals surface area contributed by atoms with Crippen LogP contribution in [0, 0.1) is 0 Å². The maximum absolute atomic E-state index is 11.8. The van der Waals surface area contributed by atoms with E-state index in [4.69, 9.17) is 19.3 Å². The Morgan fingerprint density at radius 3 is 2.09 bits per heavy atom. The Balaban J connectivity index is 3.91. The molecule has 0 unspecified atom stereocenters. The zero-order chi connectivity index (χ0) is 26.4. The number of aliphatic hydroxyl groups excluding tert-OH is 1. The molecule has 0 radical (unpaired) electrons. The average molecular weight is 515 g/mol. The SMILES string of the molecule is CC[C@H](O)/C=C/C=C\C/C=C\C/C=C\C/C=C\CCCC(=O)OC[C@H](COP(=O)(O)O)OC(C)=O. The van der Waals surface area contributed by atoms with Crippen molar-refractivity contribution in [3.63, 3.8) is 0 Å². The first kappa shape index (κ1) is 32.7. The van der Waals surface area contributed by atoms with Crippen LogP contribution in [0.25, 0.3) is 0 Å². The molecule has 9 nitrogen and oxygen atoms in total. The maximum Gasteiger partial charge on any atom is 0.469 e. The van der Waals surface area contributed by atoms with Gasteiger partial charge in [-0.1, -0.05) is 67.7 Å². The number of rotatable bonds is 19. The van der Waals surface area contributed by atoms with Crippen molar-refractivity contribution in [3.05, 3.63) is 60.8 Å². The van der Waals surface area contributed by atoms with Gasteiger partial charge in [-0.3, -0.25) is 14.1 Å². The smallest absolute Gasteiger partial charge is 0.462 e. The number of carbonyl (C=O) groups excluding carboxylic acids is 2. The molecule has 0 aromatic carbocycles. The van der Waals surface area contributed by atoms with E-state index in [0.29, 0.717) is 19.3 Å². The Kier molecular flexibility index (Phi) is 19.7. The largest absolute Gasteiger partial charge is 0.469 e. The molecule has 0 saturated carbocycles. The second-order valence-electron chi connectivity index (χ2n) is 7.50. The van der Waals surface area contributed by atoms with Gasteiger partial charge in [0.15, 0.2) is 6.10 Å². The van der Waals surface area contributed by atoms with E-state index < -0.39 is 32.5 Å². The van der Waals surface area contributed by atoms with Crippen LogP contribution in [-0.2, 0) is 28.2 Å². The minimum absolute atomic E-state index is 0.167. The predicted molar refractivity (Wildman–Crippen MR) is 134 cm³/mol. The summed E-state index contributed by atoms with van der Waals surface area (Å²) in [6.07, 6.45) is 23.1. The summed E-state index contributed by atoms with van der Waals surface area (Å²) in [6, 6.07) is 0. The highest BCUT2D eigenvalue weighted by Gasteiger charge is 2.21. The van der Waals surface area contributed by atoms with Crippen molar-refractivity contribution in [3.8, 4) is 0 Å². The Labute approximate surface area is 208 Å². The second-order valence-corrected chi connectivity index (χ2v) is 8.74. The highest BCUT2D eigenvalue weighted by molar-refractivity contribution is 7.46. The van der Waals surface area contributed by atoms with Gasteiger partial charge in [-0.05, 0) is 38.5 Å². The van der Waals surface area contributed by atoms with Crippen LogP contribution < -0.4 is 0 Å². The molecule has 0 spiro atoms. The fourth-order valence-electron chi connectivity index (χ4n) is 2.47. The fourth-order valence-corrected chi connectivity index (χ4v) is 2.83. The zero-order valence-electron chi connectivity index (χ0n) is 20.5. The molecule has 0 aromatic rings. The molecule has 0 aromatic heterocycles. The summed E-state index contributed by atoms with van der Waals surface area (Å²) in [6.45, 7) is 2.14. The summed E-state index contributed by atoms with van der Waals surface area (Å²) in [7, 11) is -4.72. The Morgan fingerprint density at radius 1 is 0.914 bits per heavy atom. The minimum Gasteiger partial charge on any atom is -0.462 e. The van der Waals surface area contributed by atoms with Crippen molar-refractivity contribution < 1.29 is 43.0 Å². The molecule has 0 aliphatic rings. The summed E-state index contributed by atoms with van der Waals surface area (Å²) in [5.74, 6) is -1.18. The van der Waals surface area contributed by atoms with Crippen LogP contribution in [0.2, 0.25) is 0 Å². The van der Waals surface area contributed by atoms with Crippen molar-refractivity contribution in [2.24, 2.45) is 0 Å². The zero-order valence-corrected chi connectivity index (χ0v) is 21.4. The van der Waals surface area contributed by atoms with Crippen molar-refractivity contribution in [1.82, 2.24) is 0 Å². The van der Waals surface area contributed by atoms with E-state index in [2.05, 4.69) is 28.8 Å². The lowest BCUT2D eigenvalue weighted by molar-refractivity contribution is -0.159. The first-order valence-corrected chi connectivity index (χ1v) is 13.2. The summed E-state index contributed by atoms with van der Waals surface area (Å²) in [5.41, 5.74) is 0. The number of esters is 2. The van der Waals surface area contributed by atoms with Gasteiger partial charge in [0.1, 0.15) is 6.61 Å².